The number of phenols is 1. The first-order chi connectivity index (χ1) is 20.0. The van der Waals surface area contributed by atoms with Gasteiger partial charge in [-0.05, 0) is 65.1 Å². The molecule has 3 aliphatic rings. The summed E-state index contributed by atoms with van der Waals surface area (Å²) in [6.07, 6.45) is 0.604. The number of fused-ring (bicyclic) bond motifs is 3. The number of carbonyl (C=O) groups excluding carboxylic acids is 1. The lowest BCUT2D eigenvalue weighted by Crippen LogP contribution is -2.37. The van der Waals surface area contributed by atoms with Crippen molar-refractivity contribution in [3.05, 3.63) is 70.8 Å². The molecule has 3 aromatic carbocycles. The number of nitrogens with one attached hydrogen (secondary N) is 1. The highest BCUT2D eigenvalue weighted by Crippen LogP contribution is 2.56. The average molecular weight is 564 g/mol. The second-order valence-corrected chi connectivity index (χ2v) is 10.4. The molecule has 10 heteroatoms. The zero-order chi connectivity index (χ0) is 28.5. The van der Waals surface area contributed by atoms with Crippen LogP contribution in [0.1, 0.15) is 40.6 Å². The quantitative estimate of drug-likeness (QED) is 0.245. The number of rotatable bonds is 10. The Kier molecular flexibility index (Phi) is 7.51. The second kappa shape index (κ2) is 11.4. The number of ether oxygens (including phenoxy) is 6. The van der Waals surface area contributed by atoms with Crippen LogP contribution in [0.15, 0.2) is 48.5 Å². The summed E-state index contributed by atoms with van der Waals surface area (Å²) in [4.78, 5) is 13.4. The number of methoxy groups -OCH3 is 2. The molecule has 1 saturated heterocycles. The highest BCUT2D eigenvalue weighted by atomic mass is 16.7. The van der Waals surface area contributed by atoms with Crippen molar-refractivity contribution in [2.75, 3.05) is 46.1 Å². The zero-order valence-electron chi connectivity index (χ0n) is 22.9. The fraction of sp³-hybridized carbons (Fsp3) is 0.387. The van der Waals surface area contributed by atoms with E-state index in [1.54, 1.807) is 12.1 Å². The standard InChI is InChI=1S/C31H33NO9/c1-36-25-10-18(11-26(37-2)30(25)34)27-20-12-23-24(41-16-40-23)13-21(20)29(22-15-39-31(35)28(22)27)32-19-6-4-17(5-7-19)14-38-9-3-8-33/h4-7,10-13,22,27-29,32-34H,3,8-9,14-16H2,1-2H3/t22-,27+,28-,29+/m0/s1. The largest absolute Gasteiger partial charge is 0.502 e. The van der Waals surface area contributed by atoms with Crippen LogP contribution in [0.2, 0.25) is 0 Å². The molecule has 0 amide bonds. The van der Waals surface area contributed by atoms with E-state index in [4.69, 9.17) is 33.5 Å². The molecule has 216 valence electrons. The van der Waals surface area contributed by atoms with Crippen LogP contribution in [0, 0.1) is 11.8 Å². The van der Waals surface area contributed by atoms with Crippen LogP contribution in [0.25, 0.3) is 0 Å². The van der Waals surface area contributed by atoms with Crippen LogP contribution in [0.5, 0.6) is 28.7 Å². The number of cyclic esters (lactones) is 1. The monoisotopic (exact) mass is 563 g/mol. The van der Waals surface area contributed by atoms with Gasteiger partial charge in [-0.2, -0.15) is 0 Å². The Morgan fingerprint density at radius 3 is 2.29 bits per heavy atom. The predicted molar refractivity (Wildman–Crippen MR) is 148 cm³/mol. The maximum Gasteiger partial charge on any atom is 0.310 e. The van der Waals surface area contributed by atoms with Crippen LogP contribution in [0.4, 0.5) is 5.69 Å². The van der Waals surface area contributed by atoms with E-state index >= 15 is 0 Å². The summed E-state index contributed by atoms with van der Waals surface area (Å²) in [5.74, 6) is 0.292. The highest BCUT2D eigenvalue weighted by molar-refractivity contribution is 5.79. The molecule has 0 aromatic heterocycles. The van der Waals surface area contributed by atoms with Crippen LogP contribution in [-0.2, 0) is 20.9 Å². The second-order valence-electron chi connectivity index (χ2n) is 10.4. The molecule has 0 unspecified atom stereocenters. The predicted octanol–water partition coefficient (Wildman–Crippen LogP) is 4.13. The molecule has 2 aliphatic heterocycles. The van der Waals surface area contributed by atoms with Gasteiger partial charge in [0.15, 0.2) is 23.0 Å². The van der Waals surface area contributed by atoms with Crippen molar-refractivity contribution in [3.8, 4) is 28.7 Å². The van der Waals surface area contributed by atoms with E-state index in [9.17, 15) is 9.90 Å². The molecular weight excluding hydrogens is 530 g/mol. The highest BCUT2D eigenvalue weighted by Gasteiger charge is 2.52. The van der Waals surface area contributed by atoms with Crippen molar-refractivity contribution in [2.24, 2.45) is 11.8 Å². The first-order valence-electron chi connectivity index (χ1n) is 13.6. The van der Waals surface area contributed by atoms with Crippen LogP contribution in [0.3, 0.4) is 0 Å². The number of hydrogen-bond acceptors (Lipinski definition) is 10. The van der Waals surface area contributed by atoms with Gasteiger partial charge in [0, 0.05) is 30.7 Å². The Balaban J connectivity index is 1.40. The third-order valence-corrected chi connectivity index (χ3v) is 8.04. The SMILES string of the molecule is COc1cc([C@@H]2c3cc4c(cc3[C@@H](Nc3ccc(COCCCO)cc3)[C@H]3COC(=O)[C@H]23)OCO4)cc(OC)c1O. The third-order valence-electron chi connectivity index (χ3n) is 8.04. The van der Waals surface area contributed by atoms with Crippen LogP contribution < -0.4 is 24.3 Å². The van der Waals surface area contributed by atoms with Gasteiger partial charge in [0.05, 0.1) is 39.4 Å². The van der Waals surface area contributed by atoms with E-state index in [0.29, 0.717) is 31.1 Å². The normalized spacial score (nSPS) is 22.1. The van der Waals surface area contributed by atoms with Crippen molar-refractivity contribution in [1.82, 2.24) is 0 Å². The first-order valence-corrected chi connectivity index (χ1v) is 13.6. The Labute approximate surface area is 237 Å². The molecule has 3 aromatic rings. The van der Waals surface area contributed by atoms with Gasteiger partial charge in [-0.3, -0.25) is 4.79 Å². The molecular formula is C31H33NO9. The van der Waals surface area contributed by atoms with Crippen molar-refractivity contribution in [2.45, 2.75) is 25.0 Å². The number of aliphatic hydroxyl groups is 1. The lowest BCUT2D eigenvalue weighted by molar-refractivity contribution is -0.141. The minimum Gasteiger partial charge on any atom is -0.502 e. The Bertz CT molecular complexity index is 1400. The fourth-order valence-electron chi connectivity index (χ4n) is 6.07. The topological polar surface area (TPSA) is 125 Å². The van der Waals surface area contributed by atoms with Gasteiger partial charge in [0.1, 0.15) is 0 Å². The van der Waals surface area contributed by atoms with Gasteiger partial charge < -0.3 is 44.0 Å². The Hall–Kier alpha value is -4.15. The zero-order valence-corrected chi connectivity index (χ0v) is 22.9. The van der Waals surface area contributed by atoms with E-state index in [1.165, 1.54) is 14.2 Å². The van der Waals surface area contributed by atoms with Gasteiger partial charge in [0.25, 0.3) is 0 Å². The molecule has 1 fully saturated rings. The summed E-state index contributed by atoms with van der Waals surface area (Å²) in [7, 11) is 2.95. The average Bonchev–Trinajstić information content (AvgIpc) is 3.61. The number of phenolic OH excluding ortho intramolecular Hbond substituents is 1. The van der Waals surface area contributed by atoms with Gasteiger partial charge in [0.2, 0.25) is 12.5 Å². The maximum absolute atomic E-state index is 13.4. The Morgan fingerprint density at radius 2 is 1.63 bits per heavy atom. The van der Waals surface area contributed by atoms with E-state index in [2.05, 4.69) is 5.32 Å². The van der Waals surface area contributed by atoms with Gasteiger partial charge in [-0.1, -0.05) is 12.1 Å². The smallest absolute Gasteiger partial charge is 0.310 e. The van der Waals surface area contributed by atoms with E-state index in [1.807, 2.05) is 36.4 Å². The molecule has 2 heterocycles. The maximum atomic E-state index is 13.4. The van der Waals surface area contributed by atoms with Crippen molar-refractivity contribution in [1.29, 1.82) is 0 Å². The van der Waals surface area contributed by atoms with E-state index in [0.717, 1.165) is 27.9 Å². The molecule has 1 aliphatic carbocycles. The van der Waals surface area contributed by atoms with Gasteiger partial charge >= 0.3 is 5.97 Å². The van der Waals surface area contributed by atoms with Crippen molar-refractivity contribution < 1.29 is 43.4 Å². The third kappa shape index (κ3) is 4.98. The number of carbonyl (C=O) groups is 1. The fourth-order valence-corrected chi connectivity index (χ4v) is 6.07. The molecule has 3 N–H and O–H groups in total. The van der Waals surface area contributed by atoms with Crippen LogP contribution in [-0.4, -0.2) is 57.0 Å². The number of hydrogen-bond donors (Lipinski definition) is 3. The summed E-state index contributed by atoms with van der Waals surface area (Å²) in [5, 5.41) is 23.2. The molecule has 0 bridgehead atoms. The number of anilines is 1. The lowest BCUT2D eigenvalue weighted by atomic mass is 9.65. The molecule has 0 radical (unpaired) electrons. The number of aromatic hydroxyl groups is 1. The summed E-state index contributed by atoms with van der Waals surface area (Å²) in [6, 6.07) is 15.1. The molecule has 4 atom stereocenters. The van der Waals surface area contributed by atoms with Crippen molar-refractivity contribution in [3.63, 3.8) is 0 Å². The lowest BCUT2D eigenvalue weighted by Gasteiger charge is -2.40. The summed E-state index contributed by atoms with van der Waals surface area (Å²) in [5.41, 5.74) is 4.54. The van der Waals surface area contributed by atoms with E-state index < -0.39 is 11.8 Å². The Morgan fingerprint density at radius 1 is 0.951 bits per heavy atom. The number of benzene rings is 3. The molecule has 6 rings (SSSR count). The summed E-state index contributed by atoms with van der Waals surface area (Å²) < 4.78 is 33.7. The minimum absolute atomic E-state index is 0.104. The molecule has 0 saturated carbocycles. The van der Waals surface area contributed by atoms with Gasteiger partial charge in [-0.15, -0.1) is 0 Å². The molecule has 10 nitrogen and oxygen atoms in total. The summed E-state index contributed by atoms with van der Waals surface area (Å²) in [6.45, 7) is 1.45. The first kappa shape index (κ1) is 27.0. The molecule has 41 heavy (non-hydrogen) atoms. The summed E-state index contributed by atoms with van der Waals surface area (Å²) >= 11 is 0. The van der Waals surface area contributed by atoms with E-state index in [-0.39, 0.29) is 55.2 Å². The number of aliphatic hydroxyl groups excluding tert-OH is 1. The molecule has 0 spiro atoms. The minimum atomic E-state index is -0.501. The van der Waals surface area contributed by atoms with Crippen LogP contribution >= 0.6 is 0 Å². The van der Waals surface area contributed by atoms with Crippen molar-refractivity contribution >= 4 is 11.7 Å². The van der Waals surface area contributed by atoms with Gasteiger partial charge in [-0.25, -0.2) is 0 Å². The number of esters is 1.